The first-order valence-corrected chi connectivity index (χ1v) is 8.64. The fraction of sp³-hybridized carbons (Fsp3) is 0.500. The van der Waals surface area contributed by atoms with Crippen molar-refractivity contribution in [3.8, 4) is 0 Å². The number of benzene rings is 1. The molecule has 4 rings (SSSR count). The van der Waals surface area contributed by atoms with Crippen molar-refractivity contribution in [2.75, 3.05) is 13.1 Å². The van der Waals surface area contributed by atoms with E-state index in [1.807, 2.05) is 11.3 Å². The predicted molar refractivity (Wildman–Crippen MR) is 86.7 cm³/mol. The Hall–Kier alpha value is -0.610. The number of nitrogens with one attached hydrogen (secondary N) is 1. The highest BCUT2D eigenvalue weighted by Gasteiger charge is 2.34. The van der Waals surface area contributed by atoms with E-state index in [0.29, 0.717) is 6.04 Å². The van der Waals surface area contributed by atoms with Crippen LogP contribution in [0.1, 0.15) is 24.1 Å². The van der Waals surface area contributed by atoms with Gasteiger partial charge in [0.2, 0.25) is 0 Å². The molecule has 1 aromatic carbocycles. The predicted octanol–water partition coefficient (Wildman–Crippen LogP) is 3.88. The topological polar surface area (TPSA) is 15.3 Å². The molecule has 2 aromatic rings. The van der Waals surface area contributed by atoms with E-state index >= 15 is 0 Å². The molecule has 1 atom stereocenters. The zero-order valence-corrected chi connectivity index (χ0v) is 13.0. The van der Waals surface area contributed by atoms with Crippen molar-refractivity contribution in [2.24, 2.45) is 0 Å². The second kappa shape index (κ2) is 5.30. The van der Waals surface area contributed by atoms with Gasteiger partial charge in [0.05, 0.1) is 5.02 Å². The Morgan fingerprint density at radius 3 is 2.90 bits per heavy atom. The maximum Gasteiger partial charge on any atom is 0.0636 e. The molecule has 0 bridgehead atoms. The summed E-state index contributed by atoms with van der Waals surface area (Å²) < 4.78 is 1.29. The number of hydrogen-bond acceptors (Lipinski definition) is 3. The van der Waals surface area contributed by atoms with E-state index in [-0.39, 0.29) is 0 Å². The third-order valence-corrected chi connectivity index (χ3v) is 6.15. The number of halogens is 1. The average Bonchev–Trinajstić information content (AvgIpc) is 3.13. The summed E-state index contributed by atoms with van der Waals surface area (Å²) in [5, 5.41) is 5.83. The monoisotopic (exact) mass is 306 g/mol. The maximum absolute atomic E-state index is 6.49. The SMILES string of the molecule is Clc1c(CNC2CCN(C3CC3)C2)sc2ccccc12. The van der Waals surface area contributed by atoms with Gasteiger partial charge >= 0.3 is 0 Å². The summed E-state index contributed by atoms with van der Waals surface area (Å²) in [4.78, 5) is 3.92. The molecule has 2 aliphatic rings. The summed E-state index contributed by atoms with van der Waals surface area (Å²) in [6.07, 6.45) is 4.10. The van der Waals surface area contributed by atoms with E-state index in [1.54, 1.807) is 0 Å². The number of fused-ring (bicyclic) bond motifs is 1. The Kier molecular flexibility index (Phi) is 3.47. The van der Waals surface area contributed by atoms with Crippen LogP contribution in [0.3, 0.4) is 0 Å². The summed E-state index contributed by atoms with van der Waals surface area (Å²) in [5.41, 5.74) is 0. The van der Waals surface area contributed by atoms with Gasteiger partial charge in [-0.1, -0.05) is 29.8 Å². The molecule has 1 N–H and O–H groups in total. The number of rotatable bonds is 4. The highest BCUT2D eigenvalue weighted by Crippen LogP contribution is 2.35. The Balaban J connectivity index is 1.42. The number of likely N-dealkylation sites (tertiary alicyclic amines) is 1. The van der Waals surface area contributed by atoms with Gasteiger partial charge in [0.1, 0.15) is 0 Å². The van der Waals surface area contributed by atoms with Crippen molar-refractivity contribution in [1.82, 2.24) is 10.2 Å². The normalized spacial score (nSPS) is 23.8. The first-order valence-electron chi connectivity index (χ1n) is 7.44. The van der Waals surface area contributed by atoms with Crippen molar-refractivity contribution >= 4 is 33.0 Å². The fourth-order valence-corrected chi connectivity index (χ4v) is 4.59. The standard InChI is InChI=1S/C16H19ClN2S/c17-16-13-3-1-2-4-14(13)20-15(16)9-18-11-7-8-19(10-11)12-5-6-12/h1-4,11-12,18H,5-10H2. The summed E-state index contributed by atoms with van der Waals surface area (Å²) in [5.74, 6) is 0. The van der Waals surface area contributed by atoms with Crippen LogP contribution in [-0.2, 0) is 6.54 Å². The van der Waals surface area contributed by atoms with E-state index < -0.39 is 0 Å². The van der Waals surface area contributed by atoms with Gasteiger partial charge in [-0.05, 0) is 25.3 Å². The summed E-state index contributed by atoms with van der Waals surface area (Å²) in [6.45, 7) is 3.39. The number of nitrogens with zero attached hydrogens (tertiary/aromatic N) is 1. The molecule has 1 aliphatic heterocycles. The van der Waals surface area contributed by atoms with Gasteiger partial charge < -0.3 is 5.32 Å². The van der Waals surface area contributed by atoms with E-state index in [1.165, 1.54) is 47.3 Å². The first-order chi connectivity index (χ1) is 9.81. The molecule has 1 unspecified atom stereocenters. The molecule has 1 aliphatic carbocycles. The third-order valence-electron chi connectivity index (χ3n) is 4.44. The molecule has 1 aromatic heterocycles. The van der Waals surface area contributed by atoms with Crippen LogP contribution in [0, 0.1) is 0 Å². The summed E-state index contributed by atoms with van der Waals surface area (Å²) >= 11 is 8.31. The second-order valence-corrected chi connectivity index (χ2v) is 7.44. The maximum atomic E-state index is 6.49. The molecule has 2 fully saturated rings. The van der Waals surface area contributed by atoms with E-state index in [2.05, 4.69) is 34.5 Å². The average molecular weight is 307 g/mol. The van der Waals surface area contributed by atoms with Crippen molar-refractivity contribution in [2.45, 2.75) is 37.9 Å². The smallest absolute Gasteiger partial charge is 0.0636 e. The largest absolute Gasteiger partial charge is 0.308 e. The van der Waals surface area contributed by atoms with E-state index in [0.717, 1.165) is 17.6 Å². The highest BCUT2D eigenvalue weighted by molar-refractivity contribution is 7.19. The minimum atomic E-state index is 0.636. The third kappa shape index (κ3) is 2.48. The Labute approximate surface area is 128 Å². The molecule has 1 saturated heterocycles. The number of thiophene rings is 1. The lowest BCUT2D eigenvalue weighted by molar-refractivity contribution is 0.317. The van der Waals surface area contributed by atoms with Gasteiger partial charge in [-0.3, -0.25) is 4.90 Å². The minimum absolute atomic E-state index is 0.636. The lowest BCUT2D eigenvalue weighted by Crippen LogP contribution is -2.32. The van der Waals surface area contributed by atoms with Crippen molar-refractivity contribution in [1.29, 1.82) is 0 Å². The van der Waals surface area contributed by atoms with Gasteiger partial charge in [0.25, 0.3) is 0 Å². The zero-order valence-electron chi connectivity index (χ0n) is 11.4. The van der Waals surface area contributed by atoms with Gasteiger partial charge in [-0.2, -0.15) is 0 Å². The first kappa shape index (κ1) is 13.1. The van der Waals surface area contributed by atoms with Crippen molar-refractivity contribution in [3.63, 3.8) is 0 Å². The van der Waals surface area contributed by atoms with Gasteiger partial charge in [-0.25, -0.2) is 0 Å². The Bertz CT molecular complexity index is 620. The Morgan fingerprint density at radius 2 is 2.10 bits per heavy atom. The molecular weight excluding hydrogens is 288 g/mol. The minimum Gasteiger partial charge on any atom is -0.308 e. The van der Waals surface area contributed by atoms with Crippen LogP contribution in [0.5, 0.6) is 0 Å². The molecule has 4 heteroatoms. The van der Waals surface area contributed by atoms with Crippen molar-refractivity contribution in [3.05, 3.63) is 34.2 Å². The number of hydrogen-bond donors (Lipinski definition) is 1. The van der Waals surface area contributed by atoms with Crippen LogP contribution in [0.4, 0.5) is 0 Å². The molecule has 0 spiro atoms. The Morgan fingerprint density at radius 1 is 1.25 bits per heavy atom. The fourth-order valence-electron chi connectivity index (χ4n) is 3.14. The lowest BCUT2D eigenvalue weighted by Gasteiger charge is -2.15. The summed E-state index contributed by atoms with van der Waals surface area (Å²) in [7, 11) is 0. The molecule has 2 heterocycles. The molecular formula is C16H19ClN2S. The van der Waals surface area contributed by atoms with Crippen LogP contribution in [0.15, 0.2) is 24.3 Å². The quantitative estimate of drug-likeness (QED) is 0.922. The highest BCUT2D eigenvalue weighted by atomic mass is 35.5. The molecule has 1 saturated carbocycles. The van der Waals surface area contributed by atoms with E-state index in [9.17, 15) is 0 Å². The van der Waals surface area contributed by atoms with Gasteiger partial charge in [0, 0.05) is 46.7 Å². The second-order valence-electron chi connectivity index (χ2n) is 5.93. The van der Waals surface area contributed by atoms with Gasteiger partial charge in [-0.15, -0.1) is 11.3 Å². The molecule has 0 radical (unpaired) electrons. The van der Waals surface area contributed by atoms with E-state index in [4.69, 9.17) is 11.6 Å². The molecule has 106 valence electrons. The zero-order chi connectivity index (χ0) is 13.5. The van der Waals surface area contributed by atoms with Crippen LogP contribution in [0.2, 0.25) is 5.02 Å². The van der Waals surface area contributed by atoms with Crippen LogP contribution in [0.25, 0.3) is 10.1 Å². The molecule has 0 amide bonds. The van der Waals surface area contributed by atoms with Crippen LogP contribution in [-0.4, -0.2) is 30.1 Å². The van der Waals surface area contributed by atoms with Crippen LogP contribution >= 0.6 is 22.9 Å². The van der Waals surface area contributed by atoms with Gasteiger partial charge in [0.15, 0.2) is 0 Å². The van der Waals surface area contributed by atoms with Crippen molar-refractivity contribution < 1.29 is 0 Å². The molecule has 2 nitrogen and oxygen atoms in total. The lowest BCUT2D eigenvalue weighted by atomic mass is 10.2. The summed E-state index contributed by atoms with van der Waals surface area (Å²) in [6, 6.07) is 9.94. The van der Waals surface area contributed by atoms with Crippen LogP contribution < -0.4 is 5.32 Å². The molecule has 20 heavy (non-hydrogen) atoms.